The van der Waals surface area contributed by atoms with E-state index in [9.17, 15) is 4.39 Å². The fourth-order valence-corrected chi connectivity index (χ4v) is 1.38. The van der Waals surface area contributed by atoms with Gasteiger partial charge in [0.15, 0.2) is 0 Å². The van der Waals surface area contributed by atoms with Crippen molar-refractivity contribution in [2.45, 2.75) is 26.7 Å². The van der Waals surface area contributed by atoms with Gasteiger partial charge in [-0.25, -0.2) is 4.39 Å². The van der Waals surface area contributed by atoms with Crippen LogP contribution in [0, 0.1) is 12.7 Å². The Morgan fingerprint density at radius 2 is 2.12 bits per heavy atom. The minimum atomic E-state index is -0.204. The molecule has 2 nitrogen and oxygen atoms in total. The summed E-state index contributed by atoms with van der Waals surface area (Å²) in [6, 6.07) is 4.99. The Bertz CT molecular complexity index is 315. The Balaban J connectivity index is 2.19. The molecule has 3 heteroatoms. The minimum absolute atomic E-state index is 0.204. The van der Waals surface area contributed by atoms with E-state index in [2.05, 4.69) is 12.2 Å². The first kappa shape index (κ1) is 13.0. The van der Waals surface area contributed by atoms with Crippen molar-refractivity contribution < 1.29 is 9.13 Å². The number of aryl methyl sites for hydroxylation is 1. The van der Waals surface area contributed by atoms with Gasteiger partial charge in [-0.3, -0.25) is 0 Å². The van der Waals surface area contributed by atoms with E-state index < -0.39 is 0 Å². The fraction of sp³-hybridized carbons (Fsp3) is 0.538. The molecule has 0 atom stereocenters. The van der Waals surface area contributed by atoms with Gasteiger partial charge in [-0.1, -0.05) is 13.0 Å². The summed E-state index contributed by atoms with van der Waals surface area (Å²) >= 11 is 0. The number of hydrogen-bond donors (Lipinski definition) is 1. The second-order valence-corrected chi connectivity index (χ2v) is 3.82. The summed E-state index contributed by atoms with van der Waals surface area (Å²) in [6.07, 6.45) is 2.07. The third-order valence-electron chi connectivity index (χ3n) is 2.41. The van der Waals surface area contributed by atoms with Crippen LogP contribution in [-0.2, 0) is 0 Å². The van der Waals surface area contributed by atoms with E-state index in [0.717, 1.165) is 25.9 Å². The summed E-state index contributed by atoms with van der Waals surface area (Å²) in [6.45, 7) is 6.50. The lowest BCUT2D eigenvalue weighted by Crippen LogP contribution is -2.14. The van der Waals surface area contributed by atoms with Gasteiger partial charge in [0.25, 0.3) is 0 Å². The molecule has 0 aromatic heterocycles. The third-order valence-corrected chi connectivity index (χ3v) is 2.41. The molecular weight excluding hydrogens is 205 g/mol. The van der Waals surface area contributed by atoms with Gasteiger partial charge in [0.2, 0.25) is 0 Å². The molecule has 0 amide bonds. The average molecular weight is 225 g/mol. The van der Waals surface area contributed by atoms with Gasteiger partial charge in [0.05, 0.1) is 6.61 Å². The van der Waals surface area contributed by atoms with Gasteiger partial charge in [-0.2, -0.15) is 0 Å². The molecular formula is C13H20FNO. The molecule has 0 spiro atoms. The van der Waals surface area contributed by atoms with Crippen LogP contribution in [0.4, 0.5) is 4.39 Å². The lowest BCUT2D eigenvalue weighted by Gasteiger charge is -2.07. The highest BCUT2D eigenvalue weighted by molar-refractivity contribution is 5.27. The molecule has 1 rings (SSSR count). The molecule has 0 saturated heterocycles. The molecule has 0 aliphatic carbocycles. The number of halogens is 1. The van der Waals surface area contributed by atoms with Gasteiger partial charge >= 0.3 is 0 Å². The number of rotatable bonds is 7. The van der Waals surface area contributed by atoms with E-state index >= 15 is 0 Å². The Morgan fingerprint density at radius 1 is 1.31 bits per heavy atom. The van der Waals surface area contributed by atoms with Gasteiger partial charge in [-0.05, 0) is 44.5 Å². The SMILES string of the molecule is CCNCCCCOc1ccc(C)c(F)c1. The molecule has 16 heavy (non-hydrogen) atoms. The van der Waals surface area contributed by atoms with Crippen LogP contribution in [0.1, 0.15) is 25.3 Å². The summed E-state index contributed by atoms with van der Waals surface area (Å²) in [5.74, 6) is 0.414. The molecule has 0 aliphatic heterocycles. The van der Waals surface area contributed by atoms with Crippen LogP contribution in [0.3, 0.4) is 0 Å². The molecule has 0 radical (unpaired) electrons. The maximum atomic E-state index is 13.2. The second kappa shape index (κ2) is 7.23. The van der Waals surface area contributed by atoms with E-state index in [0.29, 0.717) is 17.9 Å². The minimum Gasteiger partial charge on any atom is -0.493 e. The highest BCUT2D eigenvalue weighted by Crippen LogP contribution is 2.15. The summed E-state index contributed by atoms with van der Waals surface area (Å²) in [5, 5.41) is 3.25. The van der Waals surface area contributed by atoms with Gasteiger partial charge in [-0.15, -0.1) is 0 Å². The van der Waals surface area contributed by atoms with Gasteiger partial charge < -0.3 is 10.1 Å². The largest absolute Gasteiger partial charge is 0.493 e. The van der Waals surface area contributed by atoms with Crippen LogP contribution in [0.5, 0.6) is 5.75 Å². The summed E-state index contributed by atoms with van der Waals surface area (Å²) in [5.41, 5.74) is 0.652. The molecule has 0 fully saturated rings. The molecule has 1 aromatic rings. The zero-order valence-electron chi connectivity index (χ0n) is 10.1. The van der Waals surface area contributed by atoms with Gasteiger partial charge in [0.1, 0.15) is 11.6 Å². The van der Waals surface area contributed by atoms with Crippen LogP contribution < -0.4 is 10.1 Å². The number of hydrogen-bond acceptors (Lipinski definition) is 2. The molecule has 1 aromatic carbocycles. The van der Waals surface area contributed by atoms with Crippen molar-refractivity contribution in [1.29, 1.82) is 0 Å². The van der Waals surface area contributed by atoms with Crippen molar-refractivity contribution in [3.8, 4) is 5.75 Å². The lowest BCUT2D eigenvalue weighted by molar-refractivity contribution is 0.304. The zero-order chi connectivity index (χ0) is 11.8. The topological polar surface area (TPSA) is 21.3 Å². The molecule has 1 N–H and O–H groups in total. The first-order valence-electron chi connectivity index (χ1n) is 5.83. The molecule has 0 heterocycles. The quantitative estimate of drug-likeness (QED) is 0.720. The van der Waals surface area contributed by atoms with E-state index in [1.54, 1.807) is 13.0 Å². The van der Waals surface area contributed by atoms with Crippen molar-refractivity contribution in [3.05, 3.63) is 29.6 Å². The number of unbranched alkanes of at least 4 members (excludes halogenated alkanes) is 1. The van der Waals surface area contributed by atoms with Crippen LogP contribution in [0.25, 0.3) is 0 Å². The standard InChI is InChI=1S/C13H20FNO/c1-3-15-8-4-5-9-16-12-7-6-11(2)13(14)10-12/h6-7,10,15H,3-5,8-9H2,1-2H3. The van der Waals surface area contributed by atoms with Crippen LogP contribution in [0.15, 0.2) is 18.2 Å². The Morgan fingerprint density at radius 3 is 2.81 bits per heavy atom. The molecule has 0 saturated carbocycles. The van der Waals surface area contributed by atoms with Crippen LogP contribution >= 0.6 is 0 Å². The highest BCUT2D eigenvalue weighted by atomic mass is 19.1. The molecule has 0 bridgehead atoms. The number of nitrogens with one attached hydrogen (secondary N) is 1. The Kier molecular flexibility index (Phi) is 5.86. The van der Waals surface area contributed by atoms with E-state index in [4.69, 9.17) is 4.74 Å². The molecule has 0 aliphatic rings. The maximum Gasteiger partial charge on any atom is 0.129 e. The van der Waals surface area contributed by atoms with Crippen molar-refractivity contribution in [2.75, 3.05) is 19.7 Å². The van der Waals surface area contributed by atoms with Crippen LogP contribution in [-0.4, -0.2) is 19.7 Å². The maximum absolute atomic E-state index is 13.2. The normalized spacial score (nSPS) is 10.4. The first-order valence-corrected chi connectivity index (χ1v) is 5.83. The van der Waals surface area contributed by atoms with E-state index in [1.165, 1.54) is 6.07 Å². The summed E-state index contributed by atoms with van der Waals surface area (Å²) < 4.78 is 18.6. The number of ether oxygens (including phenoxy) is 1. The third kappa shape index (κ3) is 4.62. The van der Waals surface area contributed by atoms with Crippen molar-refractivity contribution in [1.82, 2.24) is 5.32 Å². The monoisotopic (exact) mass is 225 g/mol. The van der Waals surface area contributed by atoms with Crippen molar-refractivity contribution >= 4 is 0 Å². The summed E-state index contributed by atoms with van der Waals surface area (Å²) in [4.78, 5) is 0. The average Bonchev–Trinajstić information content (AvgIpc) is 2.28. The second-order valence-electron chi connectivity index (χ2n) is 3.82. The highest BCUT2D eigenvalue weighted by Gasteiger charge is 1.99. The van der Waals surface area contributed by atoms with E-state index in [-0.39, 0.29) is 5.82 Å². The predicted octanol–water partition coefficient (Wildman–Crippen LogP) is 2.90. The first-order chi connectivity index (χ1) is 7.74. The van der Waals surface area contributed by atoms with Crippen LogP contribution in [0.2, 0.25) is 0 Å². The van der Waals surface area contributed by atoms with Crippen molar-refractivity contribution in [3.63, 3.8) is 0 Å². The van der Waals surface area contributed by atoms with Crippen molar-refractivity contribution in [2.24, 2.45) is 0 Å². The van der Waals surface area contributed by atoms with E-state index in [1.807, 2.05) is 6.07 Å². The zero-order valence-corrected chi connectivity index (χ0v) is 10.1. The Labute approximate surface area is 96.8 Å². The fourth-order valence-electron chi connectivity index (χ4n) is 1.38. The predicted molar refractivity (Wildman–Crippen MR) is 64.4 cm³/mol. The summed E-state index contributed by atoms with van der Waals surface area (Å²) in [7, 11) is 0. The smallest absolute Gasteiger partial charge is 0.129 e. The Hall–Kier alpha value is -1.09. The molecule has 0 unspecified atom stereocenters. The number of benzene rings is 1. The van der Waals surface area contributed by atoms with Gasteiger partial charge in [0, 0.05) is 6.07 Å². The molecule has 90 valence electrons. The lowest BCUT2D eigenvalue weighted by atomic mass is 10.2.